The highest BCUT2D eigenvalue weighted by Gasteiger charge is 2.43. The van der Waals surface area contributed by atoms with Gasteiger partial charge in [-0.15, -0.1) is 0 Å². The summed E-state index contributed by atoms with van der Waals surface area (Å²) >= 11 is 0. The maximum atomic E-state index is 12.8. The van der Waals surface area contributed by atoms with Crippen molar-refractivity contribution in [3.05, 3.63) is 29.8 Å². The summed E-state index contributed by atoms with van der Waals surface area (Å²) in [5.74, 6) is -0.363. The van der Waals surface area contributed by atoms with Gasteiger partial charge in [0.25, 0.3) is 0 Å². The van der Waals surface area contributed by atoms with E-state index in [2.05, 4.69) is 9.46 Å². The summed E-state index contributed by atoms with van der Waals surface area (Å²) in [6, 6.07) is 4.95. The van der Waals surface area contributed by atoms with E-state index in [-0.39, 0.29) is 11.8 Å². The van der Waals surface area contributed by atoms with Crippen LogP contribution in [0, 0.1) is 0 Å². The summed E-state index contributed by atoms with van der Waals surface area (Å²) in [5.41, 5.74) is 0.672. The SMILES string of the molecule is CC(N[S@](=O)C(C)(C)C)c1ccc(OC(F)(F)C(F)F)cc1. The molecule has 1 aromatic carbocycles. The Bertz CT molecular complexity index is 515. The quantitative estimate of drug-likeness (QED) is 0.793. The Hall–Kier alpha value is -1.15. The molecule has 8 heteroatoms. The van der Waals surface area contributed by atoms with Crippen molar-refractivity contribution in [2.45, 2.75) is 51.0 Å². The first-order chi connectivity index (χ1) is 9.93. The molecule has 0 radical (unpaired) electrons. The highest BCUT2D eigenvalue weighted by Crippen LogP contribution is 2.28. The van der Waals surface area contributed by atoms with Crippen LogP contribution in [0.15, 0.2) is 24.3 Å². The van der Waals surface area contributed by atoms with Crippen LogP contribution in [0.2, 0.25) is 0 Å². The zero-order valence-corrected chi connectivity index (χ0v) is 13.5. The van der Waals surface area contributed by atoms with Gasteiger partial charge in [-0.2, -0.15) is 17.6 Å². The first-order valence-corrected chi connectivity index (χ1v) is 7.71. The van der Waals surface area contributed by atoms with Crippen molar-refractivity contribution in [2.75, 3.05) is 0 Å². The third-order valence-corrected chi connectivity index (χ3v) is 4.41. The van der Waals surface area contributed by atoms with Crippen LogP contribution in [0.3, 0.4) is 0 Å². The highest BCUT2D eigenvalue weighted by molar-refractivity contribution is 7.84. The lowest BCUT2D eigenvalue weighted by molar-refractivity contribution is -0.253. The molecule has 0 aliphatic rings. The van der Waals surface area contributed by atoms with Gasteiger partial charge in [0.15, 0.2) is 0 Å². The molecule has 126 valence electrons. The highest BCUT2D eigenvalue weighted by atomic mass is 32.2. The van der Waals surface area contributed by atoms with Crippen LogP contribution in [-0.2, 0) is 11.0 Å². The minimum absolute atomic E-state index is 0.301. The van der Waals surface area contributed by atoms with Gasteiger partial charge >= 0.3 is 12.5 Å². The Balaban J connectivity index is 2.75. The molecule has 0 heterocycles. The molecule has 2 atom stereocenters. The number of benzene rings is 1. The molecule has 1 rings (SSSR count). The maximum absolute atomic E-state index is 12.8. The molecule has 0 amide bonds. The molecule has 0 aromatic heterocycles. The number of alkyl halides is 4. The third-order valence-electron chi connectivity index (χ3n) is 2.73. The molecule has 0 saturated carbocycles. The number of halogens is 4. The largest absolute Gasteiger partial charge is 0.461 e. The van der Waals surface area contributed by atoms with E-state index in [1.807, 2.05) is 20.8 Å². The second-order valence-corrected chi connectivity index (χ2v) is 7.75. The molecular weight excluding hydrogens is 322 g/mol. The summed E-state index contributed by atoms with van der Waals surface area (Å²) < 4.78 is 68.0. The average Bonchev–Trinajstić information content (AvgIpc) is 2.37. The molecule has 0 aliphatic carbocycles. The Kier molecular flexibility index (Phi) is 5.97. The van der Waals surface area contributed by atoms with Gasteiger partial charge in [-0.3, -0.25) is 0 Å². The number of rotatable bonds is 6. The van der Waals surface area contributed by atoms with Crippen LogP contribution in [-0.4, -0.2) is 21.5 Å². The van der Waals surface area contributed by atoms with E-state index >= 15 is 0 Å². The second kappa shape index (κ2) is 6.95. The smallest absolute Gasteiger partial charge is 0.428 e. The van der Waals surface area contributed by atoms with Crippen LogP contribution in [0.1, 0.15) is 39.3 Å². The number of hydrogen-bond acceptors (Lipinski definition) is 2. The van der Waals surface area contributed by atoms with Crippen LogP contribution in [0.25, 0.3) is 0 Å². The fraction of sp³-hybridized carbons (Fsp3) is 0.571. The van der Waals surface area contributed by atoms with E-state index in [1.165, 1.54) is 24.3 Å². The normalized spacial score (nSPS) is 15.7. The van der Waals surface area contributed by atoms with E-state index < -0.39 is 28.3 Å². The van der Waals surface area contributed by atoms with Crippen molar-refractivity contribution < 1.29 is 26.5 Å². The zero-order chi connectivity index (χ0) is 17.1. The van der Waals surface area contributed by atoms with E-state index in [9.17, 15) is 21.8 Å². The van der Waals surface area contributed by atoms with Crippen LogP contribution < -0.4 is 9.46 Å². The molecule has 0 spiro atoms. The molecule has 1 N–H and O–H groups in total. The first-order valence-electron chi connectivity index (χ1n) is 6.56. The summed E-state index contributed by atoms with van der Waals surface area (Å²) in [6.07, 6.45) is -8.43. The van der Waals surface area contributed by atoms with Gasteiger partial charge in [0, 0.05) is 6.04 Å². The van der Waals surface area contributed by atoms with E-state index in [0.717, 1.165) is 0 Å². The lowest BCUT2D eigenvalue weighted by Crippen LogP contribution is -2.35. The van der Waals surface area contributed by atoms with Gasteiger partial charge in [0.1, 0.15) is 5.75 Å². The van der Waals surface area contributed by atoms with E-state index in [0.29, 0.717) is 5.56 Å². The van der Waals surface area contributed by atoms with E-state index in [1.54, 1.807) is 6.92 Å². The summed E-state index contributed by atoms with van der Waals surface area (Å²) in [6.45, 7) is 7.19. The van der Waals surface area contributed by atoms with Gasteiger partial charge in [0.2, 0.25) is 0 Å². The van der Waals surface area contributed by atoms with Gasteiger partial charge < -0.3 is 4.74 Å². The van der Waals surface area contributed by atoms with E-state index in [4.69, 9.17) is 0 Å². The van der Waals surface area contributed by atoms with Crippen molar-refractivity contribution in [3.8, 4) is 5.75 Å². The fourth-order valence-electron chi connectivity index (χ4n) is 1.43. The zero-order valence-electron chi connectivity index (χ0n) is 12.7. The van der Waals surface area contributed by atoms with Crippen LogP contribution >= 0.6 is 0 Å². The number of nitrogens with one attached hydrogen (secondary N) is 1. The van der Waals surface area contributed by atoms with Crippen molar-refractivity contribution in [3.63, 3.8) is 0 Å². The summed E-state index contributed by atoms with van der Waals surface area (Å²) in [4.78, 5) is 0. The minimum atomic E-state index is -4.53. The summed E-state index contributed by atoms with van der Waals surface area (Å²) in [7, 11) is -1.30. The molecule has 1 aromatic rings. The first kappa shape index (κ1) is 18.9. The molecule has 0 saturated heterocycles. The Morgan fingerprint density at radius 1 is 1.14 bits per heavy atom. The minimum Gasteiger partial charge on any atom is -0.428 e. The van der Waals surface area contributed by atoms with Gasteiger partial charge in [0.05, 0.1) is 15.7 Å². The molecule has 22 heavy (non-hydrogen) atoms. The monoisotopic (exact) mass is 341 g/mol. The molecular formula is C14H19F4NO2S. The van der Waals surface area contributed by atoms with Gasteiger partial charge in [-0.25, -0.2) is 8.93 Å². The average molecular weight is 341 g/mol. The predicted octanol–water partition coefficient (Wildman–Crippen LogP) is 4.04. The Morgan fingerprint density at radius 3 is 2.05 bits per heavy atom. The fourth-order valence-corrected chi connectivity index (χ4v) is 2.24. The van der Waals surface area contributed by atoms with Crippen LogP contribution in [0.5, 0.6) is 5.75 Å². The molecule has 0 fully saturated rings. The number of hydrogen-bond donors (Lipinski definition) is 1. The van der Waals surface area contributed by atoms with Crippen LogP contribution in [0.4, 0.5) is 17.6 Å². The molecule has 0 bridgehead atoms. The van der Waals surface area contributed by atoms with Crippen molar-refractivity contribution in [1.82, 2.24) is 4.72 Å². The second-order valence-electron chi connectivity index (χ2n) is 5.75. The molecule has 0 aliphatic heterocycles. The topological polar surface area (TPSA) is 38.3 Å². The number of ether oxygens (including phenoxy) is 1. The third kappa shape index (κ3) is 5.24. The lowest BCUT2D eigenvalue weighted by atomic mass is 10.1. The van der Waals surface area contributed by atoms with Gasteiger partial charge in [-0.05, 0) is 45.4 Å². The van der Waals surface area contributed by atoms with Gasteiger partial charge in [-0.1, -0.05) is 12.1 Å². The Labute approximate surface area is 129 Å². The summed E-state index contributed by atoms with van der Waals surface area (Å²) in [5, 5.41) is 0. The maximum Gasteiger partial charge on any atom is 0.461 e. The lowest BCUT2D eigenvalue weighted by Gasteiger charge is -2.22. The van der Waals surface area contributed by atoms with Crippen molar-refractivity contribution in [2.24, 2.45) is 0 Å². The molecule has 3 nitrogen and oxygen atoms in total. The Morgan fingerprint density at radius 2 is 1.64 bits per heavy atom. The van der Waals surface area contributed by atoms with Crippen molar-refractivity contribution >= 4 is 11.0 Å². The van der Waals surface area contributed by atoms with Crippen molar-refractivity contribution in [1.29, 1.82) is 0 Å². The predicted molar refractivity (Wildman–Crippen MR) is 77.5 cm³/mol. The molecule has 1 unspecified atom stereocenters. The standard InChI is InChI=1S/C14H19F4NO2S/c1-9(19-22(20)13(2,3)4)10-5-7-11(8-6-10)21-14(17,18)12(15)16/h5-9,12,19H,1-4H3/t9?,22-/m1/s1.